The summed E-state index contributed by atoms with van der Waals surface area (Å²) in [6.07, 6.45) is 1.86. The molecule has 3 nitrogen and oxygen atoms in total. The SMILES string of the molecule is CC=c1/c(=C(/O)c2cc(F)ccc2C)oc2cc(OC)ccc12. The fraction of sp³-hybridized carbons (Fsp3) is 0.158. The number of aryl methyl sites for hydroxylation is 1. The number of furan rings is 1. The van der Waals surface area contributed by atoms with E-state index < -0.39 is 5.82 Å². The average molecular weight is 312 g/mol. The maximum Gasteiger partial charge on any atom is 0.177 e. The van der Waals surface area contributed by atoms with Crippen LogP contribution in [-0.4, -0.2) is 12.2 Å². The van der Waals surface area contributed by atoms with Gasteiger partial charge in [0.25, 0.3) is 0 Å². The highest BCUT2D eigenvalue weighted by Crippen LogP contribution is 2.19. The number of methoxy groups -OCH3 is 1. The molecule has 0 aliphatic rings. The van der Waals surface area contributed by atoms with Crippen molar-refractivity contribution in [1.29, 1.82) is 0 Å². The molecule has 118 valence electrons. The number of ether oxygens (including phenoxy) is 1. The van der Waals surface area contributed by atoms with E-state index in [9.17, 15) is 9.50 Å². The van der Waals surface area contributed by atoms with Crippen molar-refractivity contribution in [3.63, 3.8) is 0 Å². The Bertz CT molecular complexity index is 999. The van der Waals surface area contributed by atoms with Crippen LogP contribution in [0.2, 0.25) is 0 Å². The van der Waals surface area contributed by atoms with Gasteiger partial charge in [-0.25, -0.2) is 4.39 Å². The minimum Gasteiger partial charge on any atom is -0.504 e. The molecular weight excluding hydrogens is 295 g/mol. The van der Waals surface area contributed by atoms with Crippen molar-refractivity contribution in [2.45, 2.75) is 13.8 Å². The first-order valence-electron chi connectivity index (χ1n) is 7.28. The highest BCUT2D eigenvalue weighted by Gasteiger charge is 2.12. The standard InChI is InChI=1S/C19H17FO3/c1-4-14-15-8-7-13(22-3)10-17(15)23-19(14)18(21)16-9-12(20)6-5-11(16)2/h4-10,21H,1-3H3/b14-4?,19-18-. The molecule has 1 heterocycles. The predicted molar refractivity (Wildman–Crippen MR) is 88.4 cm³/mol. The summed E-state index contributed by atoms with van der Waals surface area (Å²) >= 11 is 0. The zero-order chi connectivity index (χ0) is 16.6. The number of aliphatic hydroxyl groups is 1. The molecule has 0 saturated carbocycles. The van der Waals surface area contributed by atoms with Gasteiger partial charge in [0.05, 0.1) is 7.11 Å². The quantitative estimate of drug-likeness (QED) is 0.788. The molecular formula is C19H17FO3. The molecule has 0 radical (unpaired) electrons. The second-order valence-electron chi connectivity index (χ2n) is 5.30. The van der Waals surface area contributed by atoms with Crippen LogP contribution in [0, 0.1) is 12.7 Å². The normalized spacial score (nSPS) is 13.5. The van der Waals surface area contributed by atoms with E-state index in [1.54, 1.807) is 19.2 Å². The van der Waals surface area contributed by atoms with Crippen LogP contribution in [0.1, 0.15) is 18.1 Å². The van der Waals surface area contributed by atoms with Gasteiger partial charge in [0, 0.05) is 22.2 Å². The van der Waals surface area contributed by atoms with Gasteiger partial charge >= 0.3 is 0 Å². The lowest BCUT2D eigenvalue weighted by molar-refractivity contribution is 0.414. The highest BCUT2D eigenvalue weighted by molar-refractivity contribution is 5.81. The van der Waals surface area contributed by atoms with E-state index in [2.05, 4.69) is 0 Å². The molecule has 2 aromatic carbocycles. The predicted octanol–water partition coefficient (Wildman–Crippen LogP) is 3.40. The summed E-state index contributed by atoms with van der Waals surface area (Å²) < 4.78 is 24.5. The minimum absolute atomic E-state index is 0.0785. The molecule has 3 rings (SSSR count). The fourth-order valence-electron chi connectivity index (χ4n) is 2.66. The summed E-state index contributed by atoms with van der Waals surface area (Å²) in [7, 11) is 1.58. The van der Waals surface area contributed by atoms with Crippen LogP contribution >= 0.6 is 0 Å². The van der Waals surface area contributed by atoms with Crippen molar-refractivity contribution in [2.75, 3.05) is 7.11 Å². The third-order valence-electron chi connectivity index (χ3n) is 3.89. The first-order chi connectivity index (χ1) is 11.0. The maximum atomic E-state index is 13.5. The van der Waals surface area contributed by atoms with Gasteiger partial charge in [0.2, 0.25) is 0 Å². The van der Waals surface area contributed by atoms with Gasteiger partial charge in [0.15, 0.2) is 11.2 Å². The molecule has 0 atom stereocenters. The van der Waals surface area contributed by atoms with E-state index in [1.165, 1.54) is 12.1 Å². The van der Waals surface area contributed by atoms with E-state index in [-0.39, 0.29) is 5.76 Å². The van der Waals surface area contributed by atoms with Crippen molar-refractivity contribution in [3.8, 4) is 5.75 Å². The first kappa shape index (κ1) is 15.2. The Hall–Kier alpha value is -2.75. The summed E-state index contributed by atoms with van der Waals surface area (Å²) in [5, 5.41) is 12.3. The largest absolute Gasteiger partial charge is 0.504 e. The van der Waals surface area contributed by atoms with Crippen LogP contribution in [-0.2, 0) is 0 Å². The van der Waals surface area contributed by atoms with Gasteiger partial charge in [-0.2, -0.15) is 0 Å². The number of hydrogen-bond donors (Lipinski definition) is 1. The molecule has 0 aliphatic carbocycles. The zero-order valence-corrected chi connectivity index (χ0v) is 13.2. The molecule has 0 saturated heterocycles. The summed E-state index contributed by atoms with van der Waals surface area (Å²) in [4.78, 5) is 0. The molecule has 3 aromatic rings. The molecule has 0 spiro atoms. The Balaban J connectivity index is 2.40. The Morgan fingerprint density at radius 1 is 1.22 bits per heavy atom. The van der Waals surface area contributed by atoms with Crippen LogP contribution in [0.5, 0.6) is 5.75 Å². The summed E-state index contributed by atoms with van der Waals surface area (Å²) in [6, 6.07) is 9.77. The highest BCUT2D eigenvalue weighted by atomic mass is 19.1. The Labute approximate surface area is 132 Å². The summed E-state index contributed by atoms with van der Waals surface area (Å²) in [5.41, 5.74) is 2.11. The molecule has 0 amide bonds. The van der Waals surface area contributed by atoms with Crippen LogP contribution in [0.4, 0.5) is 4.39 Å². The topological polar surface area (TPSA) is 42.6 Å². The molecule has 0 aliphatic heterocycles. The Morgan fingerprint density at radius 2 is 2.00 bits per heavy atom. The van der Waals surface area contributed by atoms with Gasteiger partial charge in [-0.05, 0) is 43.7 Å². The smallest absolute Gasteiger partial charge is 0.177 e. The van der Waals surface area contributed by atoms with Crippen LogP contribution in [0.3, 0.4) is 0 Å². The van der Waals surface area contributed by atoms with Gasteiger partial charge < -0.3 is 14.3 Å². The monoisotopic (exact) mass is 312 g/mol. The average Bonchev–Trinajstić information content (AvgIpc) is 2.93. The molecule has 1 N–H and O–H groups in total. The Morgan fingerprint density at radius 3 is 2.70 bits per heavy atom. The van der Waals surface area contributed by atoms with E-state index in [0.29, 0.717) is 22.3 Å². The molecule has 0 fully saturated rings. The van der Waals surface area contributed by atoms with E-state index in [1.807, 2.05) is 32.1 Å². The molecule has 0 bridgehead atoms. The summed E-state index contributed by atoms with van der Waals surface area (Å²) in [6.45, 7) is 3.68. The number of benzene rings is 2. The van der Waals surface area contributed by atoms with Gasteiger partial charge in [-0.3, -0.25) is 0 Å². The molecule has 4 heteroatoms. The number of hydrogen-bond acceptors (Lipinski definition) is 3. The third kappa shape index (κ3) is 2.57. The van der Waals surface area contributed by atoms with E-state index in [4.69, 9.17) is 9.15 Å². The minimum atomic E-state index is -0.406. The zero-order valence-electron chi connectivity index (χ0n) is 13.2. The van der Waals surface area contributed by atoms with Gasteiger partial charge in [0.1, 0.15) is 17.1 Å². The van der Waals surface area contributed by atoms with Crippen LogP contribution in [0.15, 0.2) is 40.8 Å². The van der Waals surface area contributed by atoms with Crippen LogP contribution < -0.4 is 15.4 Å². The lowest BCUT2D eigenvalue weighted by atomic mass is 10.1. The lowest BCUT2D eigenvalue weighted by Crippen LogP contribution is -2.23. The number of rotatable bonds is 2. The maximum absolute atomic E-state index is 13.5. The number of aliphatic hydroxyl groups excluding tert-OH is 1. The molecule has 0 unspecified atom stereocenters. The Kier molecular flexibility index (Phi) is 3.82. The van der Waals surface area contributed by atoms with Crippen molar-refractivity contribution in [1.82, 2.24) is 0 Å². The summed E-state index contributed by atoms with van der Waals surface area (Å²) in [5.74, 6) is 0.184. The number of fused-ring (bicyclic) bond motifs is 1. The van der Waals surface area contributed by atoms with Gasteiger partial charge in [-0.15, -0.1) is 0 Å². The van der Waals surface area contributed by atoms with E-state index >= 15 is 0 Å². The molecule has 1 aromatic heterocycles. The van der Waals surface area contributed by atoms with E-state index in [0.717, 1.165) is 16.2 Å². The first-order valence-corrected chi connectivity index (χ1v) is 7.28. The second-order valence-corrected chi connectivity index (χ2v) is 5.30. The lowest BCUT2D eigenvalue weighted by Gasteiger charge is -2.03. The van der Waals surface area contributed by atoms with Crippen molar-refractivity contribution in [3.05, 3.63) is 64.0 Å². The van der Waals surface area contributed by atoms with Crippen molar-refractivity contribution < 1.29 is 18.7 Å². The second kappa shape index (κ2) is 5.80. The molecule has 23 heavy (non-hydrogen) atoms. The van der Waals surface area contributed by atoms with Crippen molar-refractivity contribution >= 4 is 22.8 Å². The fourth-order valence-corrected chi connectivity index (χ4v) is 2.66. The van der Waals surface area contributed by atoms with Gasteiger partial charge in [-0.1, -0.05) is 12.1 Å². The van der Waals surface area contributed by atoms with Crippen LogP contribution in [0.25, 0.3) is 22.8 Å². The third-order valence-corrected chi connectivity index (χ3v) is 3.89. The number of halogens is 1. The van der Waals surface area contributed by atoms with Crippen molar-refractivity contribution in [2.24, 2.45) is 0 Å².